The summed E-state index contributed by atoms with van der Waals surface area (Å²) < 4.78 is 10.2. The van der Waals surface area contributed by atoms with Gasteiger partial charge in [-0.05, 0) is 18.9 Å². The van der Waals surface area contributed by atoms with Crippen molar-refractivity contribution in [3.8, 4) is 5.75 Å². The van der Waals surface area contributed by atoms with Crippen molar-refractivity contribution in [1.29, 1.82) is 0 Å². The van der Waals surface area contributed by atoms with E-state index in [4.69, 9.17) is 4.74 Å². The van der Waals surface area contributed by atoms with Crippen LogP contribution in [-0.4, -0.2) is 64.4 Å². The van der Waals surface area contributed by atoms with Gasteiger partial charge in [0.15, 0.2) is 11.6 Å². The number of hydrogen-bond acceptors (Lipinski definition) is 5. The number of hydrogen-bond donors (Lipinski definition) is 0. The summed E-state index contributed by atoms with van der Waals surface area (Å²) in [4.78, 5) is 35.0. The van der Waals surface area contributed by atoms with Gasteiger partial charge in [0.1, 0.15) is 12.8 Å². The monoisotopic (exact) mass is 406 g/mol. The van der Waals surface area contributed by atoms with E-state index >= 15 is 0 Å². The van der Waals surface area contributed by atoms with E-state index in [1.165, 1.54) is 17.7 Å². The van der Waals surface area contributed by atoms with Crippen LogP contribution in [0.25, 0.3) is 0 Å². The lowest BCUT2D eigenvalue weighted by atomic mass is 10.1. The molecule has 8 heteroatoms. The van der Waals surface area contributed by atoms with Crippen molar-refractivity contribution in [2.24, 2.45) is 0 Å². The molecule has 0 N–H and O–H groups in total. The molecule has 0 bridgehead atoms. The van der Waals surface area contributed by atoms with Crippen LogP contribution >= 0.6 is 0 Å². The lowest BCUT2D eigenvalue weighted by Gasteiger charge is -2.31. The fraction of sp³-hybridized carbons (Fsp3) is 0.409. The minimum absolute atomic E-state index is 0.0184. The van der Waals surface area contributed by atoms with Crippen molar-refractivity contribution in [2.75, 3.05) is 25.1 Å². The normalized spacial score (nSPS) is 20.3. The molecule has 0 radical (unpaired) electrons. The maximum Gasteiger partial charge on any atom is 0.398 e. The van der Waals surface area contributed by atoms with Crippen LogP contribution in [0, 0.1) is 0 Å². The zero-order valence-electron chi connectivity index (χ0n) is 17.2. The first-order valence-corrected chi connectivity index (χ1v) is 10.4. The summed E-state index contributed by atoms with van der Waals surface area (Å²) >= 11 is 0. The van der Waals surface area contributed by atoms with Crippen molar-refractivity contribution in [1.82, 2.24) is 19.5 Å². The van der Waals surface area contributed by atoms with Gasteiger partial charge < -0.3 is 14.5 Å². The topological polar surface area (TPSA) is 80.1 Å². The molecule has 154 valence electrons. The van der Waals surface area contributed by atoms with Crippen LogP contribution in [0.15, 0.2) is 36.3 Å². The van der Waals surface area contributed by atoms with Gasteiger partial charge in [-0.25, -0.2) is 9.78 Å². The molecule has 2 amide bonds. The number of amides is 2. The molecule has 3 aliphatic heterocycles. The first kappa shape index (κ1) is 18.6. The quantitative estimate of drug-likeness (QED) is 0.711. The molecule has 0 saturated heterocycles. The first-order valence-electron chi connectivity index (χ1n) is 10.4. The SMILES string of the molecule is CC1=[N+]=C2C=C(N3CCOc4cc(C(=O)N(C)C5CCCC5)cnc43)C=CN2C1=O. The molecule has 0 unspecified atom stereocenters. The Balaban J connectivity index is 1.42. The van der Waals surface area contributed by atoms with Crippen molar-refractivity contribution in [3.05, 3.63) is 41.9 Å². The molecular weight excluding hydrogens is 382 g/mol. The smallest absolute Gasteiger partial charge is 0.398 e. The predicted octanol–water partition coefficient (Wildman–Crippen LogP) is 1.47. The van der Waals surface area contributed by atoms with Crippen molar-refractivity contribution in [2.45, 2.75) is 38.6 Å². The largest absolute Gasteiger partial charge is 0.488 e. The Labute approximate surface area is 174 Å². The molecule has 5 rings (SSSR count). The number of amidine groups is 1. The maximum atomic E-state index is 12.9. The predicted molar refractivity (Wildman–Crippen MR) is 113 cm³/mol. The van der Waals surface area contributed by atoms with Crippen molar-refractivity contribution >= 4 is 29.2 Å². The Morgan fingerprint density at radius 1 is 1.33 bits per heavy atom. The van der Waals surface area contributed by atoms with Crippen molar-refractivity contribution < 1.29 is 14.3 Å². The van der Waals surface area contributed by atoms with Gasteiger partial charge in [0.25, 0.3) is 11.6 Å². The van der Waals surface area contributed by atoms with E-state index in [0.717, 1.165) is 18.5 Å². The zero-order valence-corrected chi connectivity index (χ0v) is 17.2. The highest BCUT2D eigenvalue weighted by Gasteiger charge is 2.39. The fourth-order valence-corrected chi connectivity index (χ4v) is 4.43. The average molecular weight is 406 g/mol. The molecule has 4 aliphatic rings. The second kappa shape index (κ2) is 7.15. The molecule has 1 fully saturated rings. The van der Waals surface area contributed by atoms with Crippen LogP contribution in [-0.2, 0) is 4.79 Å². The summed E-state index contributed by atoms with van der Waals surface area (Å²) in [5, 5.41) is 0. The molecule has 30 heavy (non-hydrogen) atoms. The van der Waals surface area contributed by atoms with Crippen LogP contribution in [0.3, 0.4) is 0 Å². The van der Waals surface area contributed by atoms with Crippen LogP contribution in [0.1, 0.15) is 43.0 Å². The number of ether oxygens (including phenoxy) is 1. The maximum absolute atomic E-state index is 12.9. The zero-order chi connectivity index (χ0) is 20.8. The molecule has 1 aliphatic carbocycles. The van der Waals surface area contributed by atoms with Gasteiger partial charge >= 0.3 is 11.7 Å². The third kappa shape index (κ3) is 3.00. The van der Waals surface area contributed by atoms with E-state index in [2.05, 4.69) is 9.65 Å². The van der Waals surface area contributed by atoms with E-state index in [9.17, 15) is 9.59 Å². The van der Waals surface area contributed by atoms with Crippen LogP contribution in [0.5, 0.6) is 5.75 Å². The van der Waals surface area contributed by atoms with Gasteiger partial charge in [0, 0.05) is 32.3 Å². The lowest BCUT2D eigenvalue weighted by Crippen LogP contribution is -2.37. The highest BCUT2D eigenvalue weighted by molar-refractivity contribution is 6.44. The molecule has 0 spiro atoms. The second-order valence-corrected chi connectivity index (χ2v) is 8.02. The number of rotatable bonds is 3. The Morgan fingerprint density at radius 2 is 2.13 bits per heavy atom. The highest BCUT2D eigenvalue weighted by Crippen LogP contribution is 2.34. The number of nitrogens with zero attached hydrogens (tertiary/aromatic N) is 5. The number of anilines is 1. The summed E-state index contributed by atoms with van der Waals surface area (Å²) in [6.45, 7) is 2.81. The van der Waals surface area contributed by atoms with E-state index in [1.54, 1.807) is 25.4 Å². The minimum atomic E-state index is -0.105. The average Bonchev–Trinajstić information content (AvgIpc) is 3.40. The molecular formula is C22H24N5O3+. The molecule has 1 aromatic heterocycles. The molecule has 1 aromatic rings. The second-order valence-electron chi connectivity index (χ2n) is 8.02. The highest BCUT2D eigenvalue weighted by atomic mass is 16.5. The number of pyridine rings is 1. The number of allylic oxidation sites excluding steroid dienone is 1. The van der Waals surface area contributed by atoms with Gasteiger partial charge in [0.05, 0.1) is 23.9 Å². The Morgan fingerprint density at radius 3 is 2.93 bits per heavy atom. The third-order valence-corrected chi connectivity index (χ3v) is 6.14. The van der Waals surface area contributed by atoms with E-state index in [-0.39, 0.29) is 11.8 Å². The van der Waals surface area contributed by atoms with Gasteiger partial charge in [-0.15, -0.1) is 4.90 Å². The summed E-state index contributed by atoms with van der Waals surface area (Å²) in [7, 11) is 1.87. The van der Waals surface area contributed by atoms with E-state index in [0.29, 0.717) is 47.9 Å². The van der Waals surface area contributed by atoms with E-state index in [1.807, 2.05) is 29.0 Å². The van der Waals surface area contributed by atoms with Crippen LogP contribution in [0.4, 0.5) is 5.82 Å². The van der Waals surface area contributed by atoms with Crippen LogP contribution < -0.4 is 14.3 Å². The minimum Gasteiger partial charge on any atom is -0.488 e. The van der Waals surface area contributed by atoms with Gasteiger partial charge in [0.2, 0.25) is 0 Å². The molecule has 0 atom stereocenters. The van der Waals surface area contributed by atoms with Gasteiger partial charge in [-0.2, -0.15) is 4.67 Å². The third-order valence-electron chi connectivity index (χ3n) is 6.14. The molecule has 1 saturated carbocycles. The standard InChI is InChI=1S/C22H24N5O3/c1-14-21(28)27-8-7-17(12-19(27)24-14)26-9-10-30-18-11-15(13-23-20(18)26)22(29)25(2)16-5-3-4-6-16/h7-8,11-13,16H,3-6,9-10H2,1-2H3/q+1. The Hall–Kier alpha value is -3.38. The number of fused-ring (bicyclic) bond motifs is 2. The van der Waals surface area contributed by atoms with Crippen LogP contribution in [0.2, 0.25) is 0 Å². The van der Waals surface area contributed by atoms with Crippen molar-refractivity contribution in [3.63, 3.8) is 0 Å². The summed E-state index contributed by atoms with van der Waals surface area (Å²) in [5.41, 5.74) is 1.90. The van der Waals surface area contributed by atoms with E-state index < -0.39 is 0 Å². The lowest BCUT2D eigenvalue weighted by molar-refractivity contribution is -0.118. The molecule has 0 aromatic carbocycles. The molecule has 8 nitrogen and oxygen atoms in total. The van der Waals surface area contributed by atoms with Gasteiger partial charge in [-0.1, -0.05) is 12.8 Å². The molecule has 4 heterocycles. The summed E-state index contributed by atoms with van der Waals surface area (Å²) in [6, 6.07) is 2.09. The Kier molecular flexibility index (Phi) is 4.44. The summed E-state index contributed by atoms with van der Waals surface area (Å²) in [6.07, 6.45) is 11.6. The number of carbonyl (C=O) groups excluding carboxylic acids is 2. The number of carbonyl (C=O) groups is 2. The number of aromatic nitrogens is 1. The fourth-order valence-electron chi connectivity index (χ4n) is 4.43. The summed E-state index contributed by atoms with van der Waals surface area (Å²) in [5.74, 6) is 1.74. The Bertz CT molecular complexity index is 1060. The first-order chi connectivity index (χ1) is 14.5. The van der Waals surface area contributed by atoms with Gasteiger partial charge in [-0.3, -0.25) is 4.79 Å².